The fourth-order valence-electron chi connectivity index (χ4n) is 2.83. The second-order valence-electron chi connectivity index (χ2n) is 5.61. The molecule has 1 amide bonds. The number of amides is 1. The first-order valence-electron chi connectivity index (χ1n) is 7.70. The molecule has 0 aromatic carbocycles. The number of nitrogens with one attached hydrogen (secondary N) is 1. The van der Waals surface area contributed by atoms with Crippen molar-refractivity contribution in [1.29, 1.82) is 0 Å². The summed E-state index contributed by atoms with van der Waals surface area (Å²) in [5, 5.41) is 16.1. The van der Waals surface area contributed by atoms with Gasteiger partial charge in [-0.2, -0.15) is 5.10 Å². The van der Waals surface area contributed by atoms with Crippen LogP contribution in [0.25, 0.3) is 0 Å². The SMILES string of the molecule is CCCC[C@H](NC(=O)c1ccnn1C1CCCC1)C(=O)O. The summed E-state index contributed by atoms with van der Waals surface area (Å²) in [4.78, 5) is 23.5. The van der Waals surface area contributed by atoms with Crippen LogP contribution in [0.3, 0.4) is 0 Å². The second-order valence-corrected chi connectivity index (χ2v) is 5.61. The average Bonchev–Trinajstić information content (AvgIpc) is 3.11. The normalized spacial score (nSPS) is 16.8. The molecule has 1 saturated carbocycles. The summed E-state index contributed by atoms with van der Waals surface area (Å²) in [7, 11) is 0. The maximum absolute atomic E-state index is 12.3. The van der Waals surface area contributed by atoms with Crippen LogP contribution in [0.4, 0.5) is 0 Å². The highest BCUT2D eigenvalue weighted by Crippen LogP contribution is 2.29. The van der Waals surface area contributed by atoms with Crippen LogP contribution < -0.4 is 5.32 Å². The molecule has 2 N–H and O–H groups in total. The van der Waals surface area contributed by atoms with Gasteiger partial charge in [0, 0.05) is 6.20 Å². The molecule has 1 atom stereocenters. The zero-order chi connectivity index (χ0) is 15.2. The van der Waals surface area contributed by atoms with Gasteiger partial charge in [-0.3, -0.25) is 9.48 Å². The summed E-state index contributed by atoms with van der Waals surface area (Å²) < 4.78 is 1.75. The third-order valence-electron chi connectivity index (χ3n) is 4.02. The molecule has 1 aromatic rings. The molecular weight excluding hydrogens is 270 g/mol. The number of rotatable bonds is 7. The lowest BCUT2D eigenvalue weighted by Crippen LogP contribution is -2.41. The van der Waals surface area contributed by atoms with E-state index in [-0.39, 0.29) is 11.9 Å². The number of carbonyl (C=O) groups is 2. The average molecular weight is 293 g/mol. The first-order valence-corrected chi connectivity index (χ1v) is 7.70. The van der Waals surface area contributed by atoms with Gasteiger partial charge in [0.2, 0.25) is 0 Å². The van der Waals surface area contributed by atoms with Gasteiger partial charge in [-0.1, -0.05) is 32.6 Å². The molecule has 1 aliphatic rings. The predicted octanol–water partition coefficient (Wildman–Crippen LogP) is 2.37. The zero-order valence-corrected chi connectivity index (χ0v) is 12.4. The van der Waals surface area contributed by atoms with Gasteiger partial charge in [0.1, 0.15) is 11.7 Å². The van der Waals surface area contributed by atoms with Crippen LogP contribution in [-0.4, -0.2) is 32.8 Å². The minimum absolute atomic E-state index is 0.264. The van der Waals surface area contributed by atoms with Crippen molar-refractivity contribution in [2.45, 2.75) is 64.0 Å². The summed E-state index contributed by atoms with van der Waals surface area (Å²) in [6.45, 7) is 2.00. The summed E-state index contributed by atoms with van der Waals surface area (Å²) in [5.74, 6) is -1.33. The third kappa shape index (κ3) is 3.83. The molecule has 1 aliphatic carbocycles. The first kappa shape index (κ1) is 15.5. The first-order chi connectivity index (χ1) is 10.1. The Kier molecular flexibility index (Phi) is 5.36. The van der Waals surface area contributed by atoms with Crippen molar-refractivity contribution in [3.63, 3.8) is 0 Å². The van der Waals surface area contributed by atoms with Crippen LogP contribution >= 0.6 is 0 Å². The van der Waals surface area contributed by atoms with Crippen molar-refractivity contribution in [2.24, 2.45) is 0 Å². The number of hydrogen-bond donors (Lipinski definition) is 2. The predicted molar refractivity (Wildman–Crippen MR) is 78.1 cm³/mol. The van der Waals surface area contributed by atoms with Gasteiger partial charge in [-0.05, 0) is 25.3 Å². The van der Waals surface area contributed by atoms with Crippen molar-refractivity contribution in [3.05, 3.63) is 18.0 Å². The number of carbonyl (C=O) groups excluding carboxylic acids is 1. The van der Waals surface area contributed by atoms with Crippen LogP contribution in [0.2, 0.25) is 0 Å². The number of hydrogen-bond acceptors (Lipinski definition) is 3. The van der Waals surface area contributed by atoms with Gasteiger partial charge in [0.05, 0.1) is 6.04 Å². The van der Waals surface area contributed by atoms with Gasteiger partial charge < -0.3 is 10.4 Å². The smallest absolute Gasteiger partial charge is 0.326 e. The van der Waals surface area contributed by atoms with Gasteiger partial charge in [0.25, 0.3) is 5.91 Å². The van der Waals surface area contributed by atoms with Crippen LogP contribution in [0, 0.1) is 0 Å². The number of unbranched alkanes of at least 4 members (excludes halogenated alkanes) is 1. The lowest BCUT2D eigenvalue weighted by molar-refractivity contribution is -0.139. The van der Waals surface area contributed by atoms with Crippen molar-refractivity contribution >= 4 is 11.9 Å². The van der Waals surface area contributed by atoms with Gasteiger partial charge >= 0.3 is 5.97 Å². The highest BCUT2D eigenvalue weighted by Gasteiger charge is 2.25. The van der Waals surface area contributed by atoms with E-state index in [4.69, 9.17) is 0 Å². The topological polar surface area (TPSA) is 84.2 Å². The highest BCUT2D eigenvalue weighted by molar-refractivity contribution is 5.95. The van der Waals surface area contributed by atoms with Gasteiger partial charge in [-0.25, -0.2) is 4.79 Å². The Bertz CT molecular complexity index is 492. The molecule has 2 rings (SSSR count). The Morgan fingerprint density at radius 2 is 2.19 bits per heavy atom. The van der Waals surface area contributed by atoms with Crippen molar-refractivity contribution in [2.75, 3.05) is 0 Å². The number of aliphatic carboxylic acids is 1. The molecule has 0 aliphatic heterocycles. The molecule has 0 unspecified atom stereocenters. The molecular formula is C15H23N3O3. The number of carboxylic acid groups (broad SMARTS) is 1. The zero-order valence-electron chi connectivity index (χ0n) is 12.4. The number of aromatic nitrogens is 2. The maximum Gasteiger partial charge on any atom is 0.326 e. The largest absolute Gasteiger partial charge is 0.480 e. The van der Waals surface area contributed by atoms with E-state index in [0.29, 0.717) is 12.1 Å². The van der Waals surface area contributed by atoms with Gasteiger partial charge in [-0.15, -0.1) is 0 Å². The van der Waals surface area contributed by atoms with E-state index in [9.17, 15) is 14.7 Å². The molecule has 6 heteroatoms. The molecule has 116 valence electrons. The molecule has 0 saturated heterocycles. The van der Waals surface area contributed by atoms with E-state index < -0.39 is 12.0 Å². The Morgan fingerprint density at radius 1 is 1.48 bits per heavy atom. The van der Waals surface area contributed by atoms with Crippen LogP contribution in [-0.2, 0) is 4.79 Å². The van der Waals surface area contributed by atoms with E-state index in [1.54, 1.807) is 16.9 Å². The fraction of sp³-hybridized carbons (Fsp3) is 0.667. The van der Waals surface area contributed by atoms with Crippen LogP contribution in [0.5, 0.6) is 0 Å². The van der Waals surface area contributed by atoms with E-state index in [1.165, 1.54) is 0 Å². The summed E-state index contributed by atoms with van der Waals surface area (Å²) in [6.07, 6.45) is 8.10. The minimum atomic E-state index is -0.983. The molecule has 1 fully saturated rings. The quantitative estimate of drug-likeness (QED) is 0.808. The molecule has 0 bridgehead atoms. The molecule has 0 spiro atoms. The lowest BCUT2D eigenvalue weighted by atomic mass is 10.1. The van der Waals surface area contributed by atoms with E-state index in [1.807, 2.05) is 6.92 Å². The molecule has 1 aromatic heterocycles. The molecule has 6 nitrogen and oxygen atoms in total. The van der Waals surface area contributed by atoms with Crippen molar-refractivity contribution < 1.29 is 14.7 Å². The number of carboxylic acids is 1. The van der Waals surface area contributed by atoms with Crippen LogP contribution in [0.15, 0.2) is 12.3 Å². The minimum Gasteiger partial charge on any atom is -0.480 e. The summed E-state index contributed by atoms with van der Waals surface area (Å²) in [6, 6.07) is 1.09. The summed E-state index contributed by atoms with van der Waals surface area (Å²) >= 11 is 0. The second kappa shape index (κ2) is 7.24. The summed E-state index contributed by atoms with van der Waals surface area (Å²) in [5.41, 5.74) is 0.463. The highest BCUT2D eigenvalue weighted by atomic mass is 16.4. The maximum atomic E-state index is 12.3. The van der Waals surface area contributed by atoms with Crippen LogP contribution in [0.1, 0.15) is 68.4 Å². The van der Waals surface area contributed by atoms with E-state index >= 15 is 0 Å². The fourth-order valence-corrected chi connectivity index (χ4v) is 2.83. The Hall–Kier alpha value is -1.85. The van der Waals surface area contributed by atoms with E-state index in [0.717, 1.165) is 38.5 Å². The van der Waals surface area contributed by atoms with Crippen molar-refractivity contribution in [1.82, 2.24) is 15.1 Å². The van der Waals surface area contributed by atoms with Crippen molar-refractivity contribution in [3.8, 4) is 0 Å². The van der Waals surface area contributed by atoms with Gasteiger partial charge in [0.15, 0.2) is 0 Å². The molecule has 0 radical (unpaired) electrons. The monoisotopic (exact) mass is 293 g/mol. The third-order valence-corrected chi connectivity index (χ3v) is 4.02. The number of nitrogens with zero attached hydrogens (tertiary/aromatic N) is 2. The molecule has 21 heavy (non-hydrogen) atoms. The van der Waals surface area contributed by atoms with E-state index in [2.05, 4.69) is 10.4 Å². The Morgan fingerprint density at radius 3 is 2.81 bits per heavy atom. The standard InChI is InChI=1S/C15H23N3O3/c1-2-3-8-12(15(20)21)17-14(19)13-9-10-16-18(13)11-6-4-5-7-11/h9-12H,2-8H2,1H3,(H,17,19)(H,20,21)/t12-/m0/s1. The molecule has 1 heterocycles. The lowest BCUT2D eigenvalue weighted by Gasteiger charge is -2.17. The Balaban J connectivity index is 2.05. The Labute approximate surface area is 124 Å².